The van der Waals surface area contributed by atoms with Gasteiger partial charge in [-0.1, -0.05) is 23.8 Å². The quantitative estimate of drug-likeness (QED) is 0.818. The molecule has 2 N–H and O–H groups in total. The van der Waals surface area contributed by atoms with Crippen molar-refractivity contribution in [1.29, 1.82) is 0 Å². The van der Waals surface area contributed by atoms with Crippen LogP contribution < -0.4 is 5.32 Å². The van der Waals surface area contributed by atoms with Gasteiger partial charge in [-0.05, 0) is 36.5 Å². The molecule has 1 aromatic heterocycles. The van der Waals surface area contributed by atoms with Crippen LogP contribution in [0.5, 0.6) is 0 Å². The first kappa shape index (κ1) is 15.8. The van der Waals surface area contributed by atoms with Gasteiger partial charge in [-0.3, -0.25) is 9.59 Å². The number of nitrogens with one attached hydrogen (secondary N) is 1. The summed E-state index contributed by atoms with van der Waals surface area (Å²) < 4.78 is 1.52. The second-order valence-corrected chi connectivity index (χ2v) is 6.77. The number of aromatic nitrogens is 3. The van der Waals surface area contributed by atoms with Gasteiger partial charge in [0.05, 0.1) is 23.2 Å². The zero-order valence-electron chi connectivity index (χ0n) is 13.0. The zero-order valence-corrected chi connectivity index (χ0v) is 13.8. The van der Waals surface area contributed by atoms with Crippen molar-refractivity contribution in [3.8, 4) is 5.69 Å². The number of nitrogens with zero attached hydrogens (tertiary/aromatic N) is 3. The zero-order chi connectivity index (χ0) is 17.6. The first-order valence-corrected chi connectivity index (χ1v) is 8.29. The molecule has 0 saturated heterocycles. The van der Waals surface area contributed by atoms with Gasteiger partial charge in [0.2, 0.25) is 5.91 Å². The molecule has 1 fully saturated rings. The van der Waals surface area contributed by atoms with Gasteiger partial charge in [0.15, 0.2) is 0 Å². The Bertz CT molecular complexity index is 865. The second kappa shape index (κ2) is 6.00. The number of carbonyl (C=O) groups is 2. The highest BCUT2D eigenvalue weighted by Crippen LogP contribution is 2.48. The van der Waals surface area contributed by atoms with Crippen LogP contribution in [0.25, 0.3) is 5.69 Å². The summed E-state index contributed by atoms with van der Waals surface area (Å²) in [5, 5.41) is 16.9. The molecule has 8 heteroatoms. The molecule has 1 aromatic carbocycles. The molecule has 4 atom stereocenters. The Balaban J connectivity index is 1.64. The molecule has 1 saturated carbocycles. The van der Waals surface area contributed by atoms with Crippen molar-refractivity contribution in [3.63, 3.8) is 0 Å². The van der Waals surface area contributed by atoms with Crippen molar-refractivity contribution in [2.24, 2.45) is 23.7 Å². The molecule has 1 amide bonds. The lowest BCUT2D eigenvalue weighted by Gasteiger charge is -2.24. The number of carboxylic acid groups (broad SMARTS) is 1. The maximum atomic E-state index is 12.9. The van der Waals surface area contributed by atoms with Gasteiger partial charge in [0, 0.05) is 5.02 Å². The summed E-state index contributed by atoms with van der Waals surface area (Å²) in [6.45, 7) is 0. The average molecular weight is 359 g/mol. The molecule has 4 rings (SSSR count). The van der Waals surface area contributed by atoms with Crippen molar-refractivity contribution in [2.45, 2.75) is 6.42 Å². The first-order valence-electron chi connectivity index (χ1n) is 7.91. The predicted octanol–water partition coefficient (Wildman–Crippen LogP) is 2.38. The van der Waals surface area contributed by atoms with Crippen LogP contribution >= 0.6 is 11.6 Å². The van der Waals surface area contributed by atoms with Gasteiger partial charge in [-0.2, -0.15) is 5.10 Å². The van der Waals surface area contributed by atoms with Crippen molar-refractivity contribution in [1.82, 2.24) is 14.8 Å². The Hall–Kier alpha value is -2.67. The summed E-state index contributed by atoms with van der Waals surface area (Å²) in [6, 6.07) is 5.03. The SMILES string of the molecule is O=C(Nc1cc(Cl)ccc1-n1cncn1)[C@@H]1[C@H](C(=O)O)[C@H]2C=C[C@H]1C2. The number of aliphatic carboxylic acids is 1. The van der Waals surface area contributed by atoms with E-state index < -0.39 is 17.8 Å². The van der Waals surface area contributed by atoms with Crippen molar-refractivity contribution in [3.05, 3.63) is 48.0 Å². The van der Waals surface area contributed by atoms with E-state index in [2.05, 4.69) is 15.4 Å². The number of hydrogen-bond acceptors (Lipinski definition) is 4. The normalized spacial score (nSPS) is 26.8. The lowest BCUT2D eigenvalue weighted by atomic mass is 9.82. The lowest BCUT2D eigenvalue weighted by Crippen LogP contribution is -2.36. The molecule has 2 aliphatic rings. The highest BCUT2D eigenvalue weighted by Gasteiger charge is 2.51. The third kappa shape index (κ3) is 2.70. The Morgan fingerprint density at radius 3 is 2.68 bits per heavy atom. The van der Waals surface area contributed by atoms with Gasteiger partial charge in [-0.15, -0.1) is 0 Å². The Labute approximate surface area is 148 Å². The van der Waals surface area contributed by atoms with E-state index in [1.807, 2.05) is 12.2 Å². The Kier molecular flexibility index (Phi) is 3.80. The number of halogens is 1. The highest BCUT2D eigenvalue weighted by molar-refractivity contribution is 6.31. The van der Waals surface area contributed by atoms with Crippen LogP contribution in [0.15, 0.2) is 43.0 Å². The Morgan fingerprint density at radius 2 is 2.00 bits per heavy atom. The fourth-order valence-electron chi connectivity index (χ4n) is 3.87. The first-order chi connectivity index (χ1) is 12.0. The number of carboxylic acids is 1. The average Bonchev–Trinajstić information content (AvgIpc) is 3.31. The van der Waals surface area contributed by atoms with Crippen molar-refractivity contribution >= 4 is 29.2 Å². The number of rotatable bonds is 4. The van der Waals surface area contributed by atoms with Gasteiger partial charge in [-0.25, -0.2) is 9.67 Å². The van der Waals surface area contributed by atoms with E-state index in [0.29, 0.717) is 22.8 Å². The van der Waals surface area contributed by atoms with Gasteiger partial charge >= 0.3 is 5.97 Å². The minimum Gasteiger partial charge on any atom is -0.481 e. The standard InChI is InChI=1S/C17H15ClN4O3/c18-11-3-4-13(22-8-19-7-20-22)12(6-11)21-16(23)14-9-1-2-10(5-9)15(14)17(24)25/h1-4,6-10,14-15H,5H2,(H,21,23)(H,24,25)/t9-,10-,14-,15+/m0/s1. The number of carbonyl (C=O) groups excluding carboxylic acids is 1. The predicted molar refractivity (Wildman–Crippen MR) is 90.4 cm³/mol. The number of hydrogen-bond donors (Lipinski definition) is 2. The lowest BCUT2D eigenvalue weighted by molar-refractivity contribution is -0.146. The molecule has 2 bridgehead atoms. The van der Waals surface area contributed by atoms with Crippen molar-refractivity contribution < 1.29 is 14.7 Å². The molecule has 0 spiro atoms. The molecule has 128 valence electrons. The summed E-state index contributed by atoms with van der Waals surface area (Å²) in [7, 11) is 0. The third-order valence-electron chi connectivity index (χ3n) is 4.93. The van der Waals surface area contributed by atoms with Crippen LogP contribution in [0, 0.1) is 23.7 Å². The molecule has 2 aliphatic carbocycles. The number of amides is 1. The molecule has 0 unspecified atom stereocenters. The van der Waals surface area contributed by atoms with E-state index in [9.17, 15) is 14.7 Å². The van der Waals surface area contributed by atoms with Crippen molar-refractivity contribution in [2.75, 3.05) is 5.32 Å². The maximum absolute atomic E-state index is 12.9. The fraction of sp³-hybridized carbons (Fsp3) is 0.294. The number of anilines is 1. The van der Waals surface area contributed by atoms with E-state index in [4.69, 9.17) is 11.6 Å². The fourth-order valence-corrected chi connectivity index (χ4v) is 4.05. The number of allylic oxidation sites excluding steroid dienone is 2. The molecule has 2 aromatic rings. The smallest absolute Gasteiger partial charge is 0.307 e. The van der Waals surface area contributed by atoms with E-state index >= 15 is 0 Å². The topological polar surface area (TPSA) is 97.1 Å². The van der Waals surface area contributed by atoms with E-state index in [1.165, 1.54) is 17.3 Å². The van der Waals surface area contributed by atoms with Crippen LogP contribution in [0.4, 0.5) is 5.69 Å². The van der Waals surface area contributed by atoms with Crippen LogP contribution in [-0.4, -0.2) is 31.7 Å². The molecular formula is C17H15ClN4O3. The van der Waals surface area contributed by atoms with Gasteiger partial charge in [0.25, 0.3) is 0 Å². The minimum atomic E-state index is -0.931. The van der Waals surface area contributed by atoms with E-state index in [0.717, 1.165) is 0 Å². The summed E-state index contributed by atoms with van der Waals surface area (Å²) in [4.78, 5) is 28.4. The minimum absolute atomic E-state index is 0.0416. The van der Waals surface area contributed by atoms with Crippen LogP contribution in [-0.2, 0) is 9.59 Å². The van der Waals surface area contributed by atoms with Crippen LogP contribution in [0.3, 0.4) is 0 Å². The largest absolute Gasteiger partial charge is 0.481 e. The molecule has 1 heterocycles. The molecule has 0 aliphatic heterocycles. The summed E-state index contributed by atoms with van der Waals surface area (Å²) in [5.74, 6) is -2.64. The second-order valence-electron chi connectivity index (χ2n) is 6.33. The highest BCUT2D eigenvalue weighted by atomic mass is 35.5. The molecule has 0 radical (unpaired) electrons. The summed E-state index contributed by atoms with van der Waals surface area (Å²) in [6.07, 6.45) is 7.47. The molecular weight excluding hydrogens is 344 g/mol. The molecule has 25 heavy (non-hydrogen) atoms. The maximum Gasteiger partial charge on any atom is 0.307 e. The Morgan fingerprint density at radius 1 is 1.24 bits per heavy atom. The number of fused-ring (bicyclic) bond motifs is 2. The summed E-state index contributed by atoms with van der Waals surface area (Å²) >= 11 is 6.06. The monoisotopic (exact) mass is 358 g/mol. The van der Waals surface area contributed by atoms with E-state index in [1.54, 1.807) is 18.2 Å². The van der Waals surface area contributed by atoms with Gasteiger partial charge < -0.3 is 10.4 Å². The number of benzene rings is 1. The van der Waals surface area contributed by atoms with E-state index in [-0.39, 0.29) is 17.7 Å². The molecule has 7 nitrogen and oxygen atoms in total. The van der Waals surface area contributed by atoms with Crippen LogP contribution in [0.2, 0.25) is 5.02 Å². The van der Waals surface area contributed by atoms with Crippen LogP contribution in [0.1, 0.15) is 6.42 Å². The third-order valence-corrected chi connectivity index (χ3v) is 5.16. The van der Waals surface area contributed by atoms with Gasteiger partial charge in [0.1, 0.15) is 12.7 Å². The summed E-state index contributed by atoms with van der Waals surface area (Å²) in [5.41, 5.74) is 1.08.